The smallest absolute Gasteiger partial charge is 0.123 e. The highest BCUT2D eigenvalue weighted by Gasteiger charge is 2.12. The van der Waals surface area contributed by atoms with Crippen molar-refractivity contribution in [3.63, 3.8) is 0 Å². The number of benzene rings is 1. The third-order valence-corrected chi connectivity index (χ3v) is 3.23. The van der Waals surface area contributed by atoms with Crippen LogP contribution in [-0.4, -0.2) is 19.7 Å². The molecule has 0 aliphatic carbocycles. The first-order chi connectivity index (χ1) is 8.34. The molecule has 0 bridgehead atoms. The summed E-state index contributed by atoms with van der Waals surface area (Å²) in [6, 6.07) is 6.60. The molecule has 1 aromatic rings. The van der Waals surface area contributed by atoms with E-state index in [-0.39, 0.29) is 5.82 Å². The fraction of sp³-hybridized carbons (Fsp3) is 0.571. The molecule has 0 spiro atoms. The number of halogens is 1. The van der Waals surface area contributed by atoms with Gasteiger partial charge >= 0.3 is 0 Å². The zero-order chi connectivity index (χ0) is 11.9. The summed E-state index contributed by atoms with van der Waals surface area (Å²) in [5.41, 5.74) is 0.909. The highest BCUT2D eigenvalue weighted by Crippen LogP contribution is 2.14. The van der Waals surface area contributed by atoms with E-state index in [4.69, 9.17) is 4.74 Å². The zero-order valence-corrected chi connectivity index (χ0v) is 10.1. The average Bonchev–Trinajstić information content (AvgIpc) is 2.36. The Labute approximate surface area is 102 Å². The first kappa shape index (κ1) is 12.5. The minimum Gasteiger partial charge on any atom is -0.377 e. The van der Waals surface area contributed by atoms with Gasteiger partial charge in [-0.25, -0.2) is 4.39 Å². The maximum absolute atomic E-state index is 12.9. The van der Waals surface area contributed by atoms with E-state index in [2.05, 4.69) is 5.32 Å². The van der Waals surface area contributed by atoms with E-state index in [0.29, 0.717) is 6.61 Å². The van der Waals surface area contributed by atoms with E-state index >= 15 is 0 Å². The van der Waals surface area contributed by atoms with Crippen LogP contribution < -0.4 is 5.32 Å². The van der Waals surface area contributed by atoms with Crippen molar-refractivity contribution in [2.24, 2.45) is 5.92 Å². The SMILES string of the molecule is Fc1cccc(COCC[C@H]2CCCNC2)c1. The van der Waals surface area contributed by atoms with Crippen molar-refractivity contribution in [1.29, 1.82) is 0 Å². The van der Waals surface area contributed by atoms with Gasteiger partial charge in [0.25, 0.3) is 0 Å². The van der Waals surface area contributed by atoms with Crippen LogP contribution in [0.4, 0.5) is 4.39 Å². The summed E-state index contributed by atoms with van der Waals surface area (Å²) in [6.45, 7) is 3.55. The maximum Gasteiger partial charge on any atom is 0.123 e. The molecule has 1 N–H and O–H groups in total. The van der Waals surface area contributed by atoms with Crippen LogP contribution >= 0.6 is 0 Å². The second-order valence-corrected chi connectivity index (χ2v) is 4.68. The summed E-state index contributed by atoms with van der Waals surface area (Å²) in [5.74, 6) is 0.554. The van der Waals surface area contributed by atoms with Crippen molar-refractivity contribution >= 4 is 0 Å². The predicted octanol–water partition coefficient (Wildman–Crippen LogP) is 2.73. The van der Waals surface area contributed by atoms with Crippen molar-refractivity contribution in [3.8, 4) is 0 Å². The Hall–Kier alpha value is -0.930. The predicted molar refractivity (Wildman–Crippen MR) is 66.3 cm³/mol. The van der Waals surface area contributed by atoms with E-state index in [1.807, 2.05) is 6.07 Å². The molecular formula is C14H20FNO. The van der Waals surface area contributed by atoms with E-state index < -0.39 is 0 Å². The molecule has 1 saturated heterocycles. The van der Waals surface area contributed by atoms with Crippen molar-refractivity contribution in [2.45, 2.75) is 25.9 Å². The molecule has 1 aromatic carbocycles. The van der Waals surface area contributed by atoms with Gasteiger partial charge < -0.3 is 10.1 Å². The highest BCUT2D eigenvalue weighted by atomic mass is 19.1. The first-order valence-corrected chi connectivity index (χ1v) is 6.37. The number of ether oxygens (including phenoxy) is 1. The van der Waals surface area contributed by atoms with Crippen LogP contribution in [0.2, 0.25) is 0 Å². The van der Waals surface area contributed by atoms with Crippen LogP contribution in [-0.2, 0) is 11.3 Å². The fourth-order valence-electron chi connectivity index (χ4n) is 2.24. The summed E-state index contributed by atoms with van der Waals surface area (Å²) in [4.78, 5) is 0. The Bertz CT molecular complexity index is 337. The Morgan fingerprint density at radius 2 is 2.35 bits per heavy atom. The Morgan fingerprint density at radius 1 is 1.41 bits per heavy atom. The van der Waals surface area contributed by atoms with Gasteiger partial charge in [-0.3, -0.25) is 0 Å². The largest absolute Gasteiger partial charge is 0.377 e. The van der Waals surface area contributed by atoms with Crippen molar-refractivity contribution in [2.75, 3.05) is 19.7 Å². The molecule has 1 atom stereocenters. The van der Waals surface area contributed by atoms with Crippen LogP contribution in [0.15, 0.2) is 24.3 Å². The second-order valence-electron chi connectivity index (χ2n) is 4.68. The molecule has 3 heteroatoms. The quantitative estimate of drug-likeness (QED) is 0.795. The second kappa shape index (κ2) is 6.72. The summed E-state index contributed by atoms with van der Waals surface area (Å²) in [6.07, 6.45) is 3.67. The number of hydrogen-bond acceptors (Lipinski definition) is 2. The lowest BCUT2D eigenvalue weighted by molar-refractivity contribution is 0.103. The molecule has 2 rings (SSSR count). The van der Waals surface area contributed by atoms with Crippen LogP contribution in [0, 0.1) is 11.7 Å². The summed E-state index contributed by atoms with van der Waals surface area (Å²) < 4.78 is 18.5. The summed E-state index contributed by atoms with van der Waals surface area (Å²) >= 11 is 0. The molecule has 0 unspecified atom stereocenters. The standard InChI is InChI=1S/C14H20FNO/c15-14-5-1-3-13(9-14)11-17-8-6-12-4-2-7-16-10-12/h1,3,5,9,12,16H,2,4,6-8,10-11H2/t12-/m1/s1. The number of piperidine rings is 1. The van der Waals surface area contributed by atoms with Gasteiger partial charge in [-0.2, -0.15) is 0 Å². The van der Waals surface area contributed by atoms with Gasteiger partial charge in [-0.15, -0.1) is 0 Å². The van der Waals surface area contributed by atoms with Crippen molar-refractivity contribution in [1.82, 2.24) is 5.32 Å². The highest BCUT2D eigenvalue weighted by molar-refractivity contribution is 5.15. The van der Waals surface area contributed by atoms with Crippen LogP contribution in [0.3, 0.4) is 0 Å². The van der Waals surface area contributed by atoms with Crippen LogP contribution in [0.25, 0.3) is 0 Å². The van der Waals surface area contributed by atoms with E-state index in [1.54, 1.807) is 6.07 Å². The van der Waals surface area contributed by atoms with Crippen molar-refractivity contribution in [3.05, 3.63) is 35.6 Å². The topological polar surface area (TPSA) is 21.3 Å². The van der Waals surface area contributed by atoms with Gasteiger partial charge in [0.15, 0.2) is 0 Å². The lowest BCUT2D eigenvalue weighted by Gasteiger charge is -2.22. The van der Waals surface area contributed by atoms with Gasteiger partial charge in [0.2, 0.25) is 0 Å². The summed E-state index contributed by atoms with van der Waals surface area (Å²) in [7, 11) is 0. The first-order valence-electron chi connectivity index (χ1n) is 6.37. The molecule has 1 aliphatic heterocycles. The van der Waals surface area contributed by atoms with E-state index in [9.17, 15) is 4.39 Å². The van der Waals surface area contributed by atoms with E-state index in [0.717, 1.165) is 37.6 Å². The zero-order valence-electron chi connectivity index (χ0n) is 10.1. The van der Waals surface area contributed by atoms with Gasteiger partial charge in [-0.1, -0.05) is 12.1 Å². The van der Waals surface area contributed by atoms with Gasteiger partial charge in [0, 0.05) is 6.61 Å². The maximum atomic E-state index is 12.9. The molecule has 0 amide bonds. The third-order valence-electron chi connectivity index (χ3n) is 3.23. The van der Waals surface area contributed by atoms with Gasteiger partial charge in [0.1, 0.15) is 5.82 Å². The molecule has 2 nitrogen and oxygen atoms in total. The average molecular weight is 237 g/mol. The molecule has 0 radical (unpaired) electrons. The molecule has 1 aliphatic rings. The van der Waals surface area contributed by atoms with Gasteiger partial charge in [-0.05, 0) is 56.0 Å². The fourth-order valence-corrected chi connectivity index (χ4v) is 2.24. The molecule has 94 valence electrons. The Kier molecular flexibility index (Phi) is 4.95. The Balaban J connectivity index is 1.62. The van der Waals surface area contributed by atoms with Gasteiger partial charge in [0.05, 0.1) is 6.61 Å². The van der Waals surface area contributed by atoms with Crippen LogP contribution in [0.1, 0.15) is 24.8 Å². The van der Waals surface area contributed by atoms with Crippen molar-refractivity contribution < 1.29 is 9.13 Å². The summed E-state index contributed by atoms with van der Waals surface area (Å²) in [5, 5.41) is 3.40. The Morgan fingerprint density at radius 3 is 3.12 bits per heavy atom. The van der Waals surface area contributed by atoms with Crippen LogP contribution in [0.5, 0.6) is 0 Å². The number of hydrogen-bond donors (Lipinski definition) is 1. The molecule has 1 heterocycles. The molecule has 0 aromatic heterocycles. The minimum absolute atomic E-state index is 0.192. The lowest BCUT2D eigenvalue weighted by atomic mass is 9.97. The normalized spacial score (nSPS) is 20.4. The monoisotopic (exact) mass is 237 g/mol. The minimum atomic E-state index is -0.192. The number of nitrogens with one attached hydrogen (secondary N) is 1. The molecule has 17 heavy (non-hydrogen) atoms. The number of rotatable bonds is 5. The molecular weight excluding hydrogens is 217 g/mol. The third kappa shape index (κ3) is 4.44. The molecule has 1 fully saturated rings. The molecule has 0 saturated carbocycles. The van der Waals surface area contributed by atoms with E-state index in [1.165, 1.54) is 25.0 Å². The lowest BCUT2D eigenvalue weighted by Crippen LogP contribution is -2.30.